The molecule has 0 aromatic rings. The zero-order valence-electron chi connectivity index (χ0n) is 13.2. The van der Waals surface area contributed by atoms with Crippen molar-refractivity contribution in [2.24, 2.45) is 10.9 Å². The summed E-state index contributed by atoms with van der Waals surface area (Å²) in [4.78, 5) is 9.09. The van der Waals surface area contributed by atoms with Crippen LogP contribution in [0.3, 0.4) is 0 Å². The van der Waals surface area contributed by atoms with Gasteiger partial charge in [-0.05, 0) is 26.4 Å². The van der Waals surface area contributed by atoms with Gasteiger partial charge < -0.3 is 15.5 Å². The first-order chi connectivity index (χ1) is 9.02. The van der Waals surface area contributed by atoms with Gasteiger partial charge >= 0.3 is 0 Å². The summed E-state index contributed by atoms with van der Waals surface area (Å²) in [6, 6.07) is 0.558. The molecule has 0 aliphatic carbocycles. The molecule has 5 heteroatoms. The highest BCUT2D eigenvalue weighted by molar-refractivity contribution is 5.79. The Morgan fingerprint density at radius 3 is 2.63 bits per heavy atom. The smallest absolute Gasteiger partial charge is 0.191 e. The van der Waals surface area contributed by atoms with Crippen molar-refractivity contribution in [1.29, 1.82) is 0 Å². The van der Waals surface area contributed by atoms with Crippen LogP contribution in [0.4, 0.5) is 0 Å². The molecule has 0 aromatic heterocycles. The number of nitrogens with one attached hydrogen (secondary N) is 2. The molecule has 0 aromatic carbocycles. The number of piperazine rings is 1. The van der Waals surface area contributed by atoms with E-state index in [1.54, 1.807) is 0 Å². The molecule has 5 nitrogen and oxygen atoms in total. The number of hydrogen-bond acceptors (Lipinski definition) is 3. The van der Waals surface area contributed by atoms with E-state index in [4.69, 9.17) is 0 Å². The number of aliphatic imine (C=N–C) groups is 1. The molecule has 1 saturated heterocycles. The number of rotatable bonds is 5. The molecule has 1 aliphatic heterocycles. The van der Waals surface area contributed by atoms with Crippen LogP contribution in [-0.4, -0.2) is 75.7 Å². The van der Waals surface area contributed by atoms with E-state index in [2.05, 4.69) is 53.4 Å². The van der Waals surface area contributed by atoms with Gasteiger partial charge in [0.25, 0.3) is 0 Å². The van der Waals surface area contributed by atoms with Crippen molar-refractivity contribution in [3.63, 3.8) is 0 Å². The molecular weight excluding hydrogens is 238 g/mol. The minimum atomic E-state index is 0.558. The van der Waals surface area contributed by atoms with Gasteiger partial charge in [0.2, 0.25) is 0 Å². The van der Waals surface area contributed by atoms with Crippen LogP contribution in [0.2, 0.25) is 0 Å². The summed E-state index contributed by atoms with van der Waals surface area (Å²) in [5.74, 6) is 1.64. The van der Waals surface area contributed by atoms with Crippen LogP contribution < -0.4 is 10.6 Å². The lowest BCUT2D eigenvalue weighted by molar-refractivity contribution is 0.116. The monoisotopic (exact) mass is 269 g/mol. The van der Waals surface area contributed by atoms with Crippen molar-refractivity contribution in [3.8, 4) is 0 Å². The van der Waals surface area contributed by atoms with Gasteiger partial charge in [-0.2, -0.15) is 0 Å². The van der Waals surface area contributed by atoms with Crippen LogP contribution in [0, 0.1) is 5.92 Å². The maximum Gasteiger partial charge on any atom is 0.191 e. The van der Waals surface area contributed by atoms with E-state index in [9.17, 15) is 0 Å². The Bertz CT molecular complexity index is 277. The second-order valence-corrected chi connectivity index (χ2v) is 5.96. The zero-order valence-corrected chi connectivity index (χ0v) is 13.2. The van der Waals surface area contributed by atoms with Crippen molar-refractivity contribution in [2.45, 2.75) is 26.3 Å². The van der Waals surface area contributed by atoms with Crippen molar-refractivity contribution in [1.82, 2.24) is 20.4 Å². The largest absolute Gasteiger partial charge is 0.356 e. The average Bonchev–Trinajstić information content (AvgIpc) is 2.37. The highest BCUT2D eigenvalue weighted by atomic mass is 15.3. The second kappa shape index (κ2) is 8.38. The quantitative estimate of drug-likeness (QED) is 0.561. The predicted molar refractivity (Wildman–Crippen MR) is 82.7 cm³/mol. The Morgan fingerprint density at radius 1 is 1.26 bits per heavy atom. The second-order valence-electron chi connectivity index (χ2n) is 5.96. The SMILES string of the molecule is CN=C(NCCC(C)C)NCC1CN(C)CCN1C. The third-order valence-electron chi connectivity index (χ3n) is 3.72. The van der Waals surface area contributed by atoms with E-state index in [-0.39, 0.29) is 0 Å². The fraction of sp³-hybridized carbons (Fsp3) is 0.929. The Hall–Kier alpha value is -0.810. The van der Waals surface area contributed by atoms with Crippen molar-refractivity contribution >= 4 is 5.96 Å². The lowest BCUT2D eigenvalue weighted by atomic mass is 10.1. The molecule has 1 rings (SSSR count). The van der Waals surface area contributed by atoms with Crippen LogP contribution in [-0.2, 0) is 0 Å². The first-order valence-corrected chi connectivity index (χ1v) is 7.36. The molecule has 0 amide bonds. The van der Waals surface area contributed by atoms with E-state index >= 15 is 0 Å². The summed E-state index contributed by atoms with van der Waals surface area (Å²) in [5, 5.41) is 6.81. The highest BCUT2D eigenvalue weighted by Crippen LogP contribution is 2.04. The van der Waals surface area contributed by atoms with Gasteiger partial charge in [0.1, 0.15) is 0 Å². The summed E-state index contributed by atoms with van der Waals surface area (Å²) in [6.45, 7) is 9.83. The van der Waals surface area contributed by atoms with Crippen LogP contribution in [0.5, 0.6) is 0 Å². The molecule has 2 N–H and O–H groups in total. The van der Waals surface area contributed by atoms with E-state index in [1.165, 1.54) is 6.42 Å². The van der Waals surface area contributed by atoms with Gasteiger partial charge in [0.05, 0.1) is 0 Å². The Balaban J connectivity index is 2.28. The summed E-state index contributed by atoms with van der Waals surface area (Å²) < 4.78 is 0. The Morgan fingerprint density at radius 2 is 2.00 bits per heavy atom. The minimum Gasteiger partial charge on any atom is -0.356 e. The number of nitrogens with zero attached hydrogens (tertiary/aromatic N) is 3. The molecule has 1 atom stereocenters. The number of guanidine groups is 1. The molecule has 0 radical (unpaired) electrons. The van der Waals surface area contributed by atoms with E-state index in [1.807, 2.05) is 7.05 Å². The molecule has 1 unspecified atom stereocenters. The van der Waals surface area contributed by atoms with Gasteiger partial charge in [-0.25, -0.2) is 0 Å². The first kappa shape index (κ1) is 16.2. The van der Waals surface area contributed by atoms with Crippen LogP contribution in [0.15, 0.2) is 4.99 Å². The third-order valence-corrected chi connectivity index (χ3v) is 3.72. The summed E-state index contributed by atoms with van der Waals surface area (Å²) in [7, 11) is 6.23. The fourth-order valence-corrected chi connectivity index (χ4v) is 2.24. The first-order valence-electron chi connectivity index (χ1n) is 7.36. The van der Waals surface area contributed by atoms with Crippen LogP contribution in [0.1, 0.15) is 20.3 Å². The minimum absolute atomic E-state index is 0.558. The van der Waals surface area contributed by atoms with Gasteiger partial charge in [0, 0.05) is 45.8 Å². The predicted octanol–water partition coefficient (Wildman–Crippen LogP) is 0.443. The molecule has 0 saturated carbocycles. The van der Waals surface area contributed by atoms with Crippen LogP contribution in [0.25, 0.3) is 0 Å². The third kappa shape index (κ3) is 6.25. The lowest BCUT2D eigenvalue weighted by Crippen LogP contribution is -2.55. The van der Waals surface area contributed by atoms with Crippen molar-refractivity contribution < 1.29 is 0 Å². The molecule has 1 fully saturated rings. The summed E-state index contributed by atoms with van der Waals surface area (Å²) >= 11 is 0. The topological polar surface area (TPSA) is 42.9 Å². The Labute approximate surface area is 118 Å². The molecule has 19 heavy (non-hydrogen) atoms. The lowest BCUT2D eigenvalue weighted by Gasteiger charge is -2.37. The van der Waals surface area contributed by atoms with Gasteiger partial charge in [-0.1, -0.05) is 13.8 Å². The van der Waals surface area contributed by atoms with Crippen molar-refractivity contribution in [3.05, 3.63) is 0 Å². The van der Waals surface area contributed by atoms with Crippen molar-refractivity contribution in [2.75, 3.05) is 53.9 Å². The molecule has 112 valence electrons. The van der Waals surface area contributed by atoms with E-state index < -0.39 is 0 Å². The molecule has 0 bridgehead atoms. The average molecular weight is 269 g/mol. The highest BCUT2D eigenvalue weighted by Gasteiger charge is 2.21. The molecule has 1 heterocycles. The number of hydrogen-bond donors (Lipinski definition) is 2. The van der Waals surface area contributed by atoms with Gasteiger partial charge in [-0.15, -0.1) is 0 Å². The summed E-state index contributed by atoms with van der Waals surface area (Å²) in [6.07, 6.45) is 1.17. The van der Waals surface area contributed by atoms with Crippen LogP contribution >= 0.6 is 0 Å². The number of likely N-dealkylation sites (N-methyl/N-ethyl adjacent to an activating group) is 2. The Kier molecular flexibility index (Phi) is 7.16. The maximum atomic E-state index is 4.28. The van der Waals surface area contributed by atoms with E-state index in [0.717, 1.165) is 44.6 Å². The molecular formula is C14H31N5. The van der Waals surface area contributed by atoms with Gasteiger partial charge in [-0.3, -0.25) is 9.89 Å². The maximum absolute atomic E-state index is 4.28. The summed E-state index contributed by atoms with van der Waals surface area (Å²) in [5.41, 5.74) is 0. The zero-order chi connectivity index (χ0) is 14.3. The molecule has 1 aliphatic rings. The fourth-order valence-electron chi connectivity index (χ4n) is 2.24. The normalized spacial score (nSPS) is 22.8. The van der Waals surface area contributed by atoms with E-state index in [0.29, 0.717) is 6.04 Å². The molecule has 0 spiro atoms. The standard InChI is InChI=1S/C14H31N5/c1-12(2)6-7-16-14(15-3)17-10-13-11-18(4)8-9-19(13)5/h12-13H,6-11H2,1-5H3,(H2,15,16,17). The van der Waals surface area contributed by atoms with Gasteiger partial charge in [0.15, 0.2) is 5.96 Å².